The smallest absolute Gasteiger partial charge is 0.302 e. The molecule has 0 bridgehead atoms. The molecule has 1 aromatic rings. The summed E-state index contributed by atoms with van der Waals surface area (Å²) in [5, 5.41) is 0. The Morgan fingerprint density at radius 3 is 2.23 bits per heavy atom. The second-order valence-electron chi connectivity index (χ2n) is 8.19. The van der Waals surface area contributed by atoms with Gasteiger partial charge in [0.1, 0.15) is 6.10 Å². The summed E-state index contributed by atoms with van der Waals surface area (Å²) in [6.45, 7) is 4.36. The van der Waals surface area contributed by atoms with E-state index in [1.165, 1.54) is 18.7 Å². The summed E-state index contributed by atoms with van der Waals surface area (Å²) >= 11 is 0. The van der Waals surface area contributed by atoms with Crippen LogP contribution in [0.15, 0.2) is 42.5 Å². The summed E-state index contributed by atoms with van der Waals surface area (Å²) in [4.78, 5) is 48.7. The lowest BCUT2D eigenvalue weighted by Crippen LogP contribution is -2.32. The molecule has 0 aliphatic carbocycles. The van der Waals surface area contributed by atoms with Crippen LogP contribution in [0.4, 0.5) is 0 Å². The number of esters is 1. The number of nitrogens with zero attached hydrogens (tertiary/aromatic N) is 1. The van der Waals surface area contributed by atoms with Crippen LogP contribution in [-0.2, 0) is 30.3 Å². The highest BCUT2D eigenvalue weighted by atomic mass is 16.5. The molecule has 31 heavy (non-hydrogen) atoms. The number of carbonyl (C=O) groups excluding carboxylic acids is 4. The van der Waals surface area contributed by atoms with Gasteiger partial charge in [0.05, 0.1) is 0 Å². The summed E-state index contributed by atoms with van der Waals surface area (Å²) in [5.41, 5.74) is 1.11. The molecular formula is C25H35NO5. The number of benzene rings is 1. The van der Waals surface area contributed by atoms with Crippen molar-refractivity contribution in [2.75, 3.05) is 14.1 Å². The van der Waals surface area contributed by atoms with E-state index in [4.69, 9.17) is 4.74 Å². The minimum atomic E-state index is -0.487. The first-order valence-electron chi connectivity index (χ1n) is 10.7. The van der Waals surface area contributed by atoms with Gasteiger partial charge in [0, 0.05) is 46.2 Å². The molecule has 6 heteroatoms. The number of ketones is 2. The van der Waals surface area contributed by atoms with Gasteiger partial charge in [0.2, 0.25) is 11.7 Å². The van der Waals surface area contributed by atoms with Gasteiger partial charge in [-0.1, -0.05) is 49.4 Å². The third kappa shape index (κ3) is 10.2. The van der Waals surface area contributed by atoms with Crippen molar-refractivity contribution in [3.63, 3.8) is 0 Å². The molecule has 0 fully saturated rings. The first kappa shape index (κ1) is 26.3. The molecular weight excluding hydrogens is 394 g/mol. The van der Waals surface area contributed by atoms with Gasteiger partial charge in [-0.2, -0.15) is 0 Å². The maximum Gasteiger partial charge on any atom is 0.302 e. The predicted octanol–water partition coefficient (Wildman–Crippen LogP) is 3.78. The van der Waals surface area contributed by atoms with Crippen LogP contribution in [0.2, 0.25) is 0 Å². The van der Waals surface area contributed by atoms with Crippen molar-refractivity contribution in [3.8, 4) is 0 Å². The van der Waals surface area contributed by atoms with E-state index in [0.29, 0.717) is 32.1 Å². The normalized spacial score (nSPS) is 14.0. The number of ether oxygens (including phenoxy) is 1. The molecule has 0 spiro atoms. The van der Waals surface area contributed by atoms with Crippen molar-refractivity contribution in [3.05, 3.63) is 48.0 Å². The topological polar surface area (TPSA) is 80.8 Å². The maximum atomic E-state index is 12.5. The molecule has 0 radical (unpaired) electrons. The Labute approximate surface area is 185 Å². The average Bonchev–Trinajstić information content (AvgIpc) is 2.71. The summed E-state index contributed by atoms with van der Waals surface area (Å²) in [6.07, 6.45) is 6.57. The van der Waals surface area contributed by atoms with E-state index < -0.39 is 17.5 Å². The van der Waals surface area contributed by atoms with Crippen molar-refractivity contribution >= 4 is 23.4 Å². The van der Waals surface area contributed by atoms with Gasteiger partial charge in [0.25, 0.3) is 0 Å². The lowest BCUT2D eigenvalue weighted by molar-refractivity contribution is -0.146. The third-order valence-electron chi connectivity index (χ3n) is 5.10. The highest BCUT2D eigenvalue weighted by Crippen LogP contribution is 2.20. The number of hydrogen-bond donors (Lipinski definition) is 0. The van der Waals surface area contributed by atoms with Gasteiger partial charge < -0.3 is 9.64 Å². The first-order chi connectivity index (χ1) is 14.6. The zero-order chi connectivity index (χ0) is 23.4. The monoisotopic (exact) mass is 429 g/mol. The van der Waals surface area contributed by atoms with Crippen LogP contribution in [0.1, 0.15) is 52.0 Å². The molecule has 2 unspecified atom stereocenters. The van der Waals surface area contributed by atoms with Gasteiger partial charge in [-0.15, -0.1) is 0 Å². The van der Waals surface area contributed by atoms with E-state index in [1.807, 2.05) is 42.5 Å². The van der Waals surface area contributed by atoms with E-state index in [9.17, 15) is 19.2 Å². The number of carbonyl (C=O) groups is 4. The van der Waals surface area contributed by atoms with E-state index >= 15 is 0 Å². The fourth-order valence-electron chi connectivity index (χ4n) is 3.52. The minimum Gasteiger partial charge on any atom is -0.462 e. The SMILES string of the molecule is CC(=O)OC(CC/C=C/CC(C[C@H](C)C(=O)C(C)=O)C(=O)N(C)C)Cc1ccccc1. The van der Waals surface area contributed by atoms with Gasteiger partial charge in [-0.3, -0.25) is 19.2 Å². The quantitative estimate of drug-likeness (QED) is 0.271. The zero-order valence-corrected chi connectivity index (χ0v) is 19.3. The van der Waals surface area contributed by atoms with Gasteiger partial charge in [-0.25, -0.2) is 0 Å². The molecule has 3 atom stereocenters. The molecule has 0 N–H and O–H groups in total. The van der Waals surface area contributed by atoms with Gasteiger partial charge >= 0.3 is 5.97 Å². The predicted molar refractivity (Wildman–Crippen MR) is 120 cm³/mol. The van der Waals surface area contributed by atoms with E-state index in [1.54, 1.807) is 21.0 Å². The lowest BCUT2D eigenvalue weighted by Gasteiger charge is -2.21. The van der Waals surface area contributed by atoms with Crippen LogP contribution >= 0.6 is 0 Å². The highest BCUT2D eigenvalue weighted by molar-refractivity contribution is 6.36. The van der Waals surface area contributed by atoms with E-state index in [0.717, 1.165) is 5.56 Å². The summed E-state index contributed by atoms with van der Waals surface area (Å²) in [6, 6.07) is 9.88. The Bertz CT molecular complexity index is 769. The summed E-state index contributed by atoms with van der Waals surface area (Å²) in [5.74, 6) is -2.13. The second kappa shape index (κ2) is 13.5. The zero-order valence-electron chi connectivity index (χ0n) is 19.3. The van der Waals surface area contributed by atoms with Crippen LogP contribution in [-0.4, -0.2) is 48.5 Å². The molecule has 1 rings (SSSR count). The molecule has 0 saturated heterocycles. The maximum absolute atomic E-state index is 12.5. The second-order valence-corrected chi connectivity index (χ2v) is 8.19. The molecule has 0 aliphatic heterocycles. The highest BCUT2D eigenvalue weighted by Gasteiger charge is 2.26. The fourth-order valence-corrected chi connectivity index (χ4v) is 3.52. The number of amides is 1. The van der Waals surface area contributed by atoms with Crippen LogP contribution in [0, 0.1) is 11.8 Å². The van der Waals surface area contributed by atoms with E-state index in [2.05, 4.69) is 0 Å². The molecule has 1 aromatic carbocycles. The molecule has 170 valence electrons. The van der Waals surface area contributed by atoms with E-state index in [-0.39, 0.29) is 23.9 Å². The van der Waals surface area contributed by atoms with Crippen molar-refractivity contribution in [1.29, 1.82) is 0 Å². The van der Waals surface area contributed by atoms with Crippen LogP contribution in [0.3, 0.4) is 0 Å². The van der Waals surface area contributed by atoms with Crippen molar-refractivity contribution in [2.45, 2.75) is 59.0 Å². The van der Waals surface area contributed by atoms with Crippen molar-refractivity contribution in [1.82, 2.24) is 4.90 Å². The minimum absolute atomic E-state index is 0.0604. The number of rotatable bonds is 13. The molecule has 6 nitrogen and oxygen atoms in total. The largest absolute Gasteiger partial charge is 0.462 e. The molecule has 0 saturated carbocycles. The van der Waals surface area contributed by atoms with Crippen LogP contribution < -0.4 is 0 Å². The average molecular weight is 430 g/mol. The van der Waals surface area contributed by atoms with Crippen LogP contribution in [0.25, 0.3) is 0 Å². The Morgan fingerprint density at radius 1 is 1.03 bits per heavy atom. The third-order valence-corrected chi connectivity index (χ3v) is 5.10. The molecule has 1 amide bonds. The molecule has 0 aromatic heterocycles. The summed E-state index contributed by atoms with van der Waals surface area (Å²) < 4.78 is 5.45. The first-order valence-corrected chi connectivity index (χ1v) is 10.7. The Balaban J connectivity index is 2.66. The Morgan fingerprint density at radius 2 is 1.68 bits per heavy atom. The number of Topliss-reactive ketones (excluding diaryl/α,β-unsaturated/α-hetero) is 2. The van der Waals surface area contributed by atoms with Gasteiger partial charge in [-0.05, 0) is 31.2 Å². The Kier molecular flexibility index (Phi) is 11.5. The molecule has 0 heterocycles. The molecule has 0 aliphatic rings. The fraction of sp³-hybridized carbons (Fsp3) is 0.520. The van der Waals surface area contributed by atoms with Crippen LogP contribution in [0.5, 0.6) is 0 Å². The number of allylic oxidation sites excluding steroid dienone is 2. The lowest BCUT2D eigenvalue weighted by atomic mass is 9.88. The van der Waals surface area contributed by atoms with Crippen molar-refractivity contribution in [2.24, 2.45) is 11.8 Å². The Hall–Kier alpha value is -2.76. The number of hydrogen-bond acceptors (Lipinski definition) is 5. The van der Waals surface area contributed by atoms with Crippen molar-refractivity contribution < 1.29 is 23.9 Å². The van der Waals surface area contributed by atoms with Gasteiger partial charge in [0.15, 0.2) is 5.78 Å². The summed E-state index contributed by atoms with van der Waals surface area (Å²) in [7, 11) is 3.37. The standard InChI is InChI=1S/C25H35NO5/c1-18(24(29)19(2)27)16-22(25(30)26(4)5)14-10-7-11-15-23(31-20(3)28)17-21-12-8-6-9-13-21/h6-10,12-13,18,22-23H,11,14-17H2,1-5H3/b10-7+/t18-,22?,23?/m0/s1.